The molecule has 0 atom stereocenters. The van der Waals surface area contributed by atoms with Crippen LogP contribution in [0, 0.1) is 13.8 Å². The van der Waals surface area contributed by atoms with Crippen molar-refractivity contribution in [3.05, 3.63) is 69.2 Å². The van der Waals surface area contributed by atoms with Crippen LogP contribution in [0.3, 0.4) is 0 Å². The molecule has 0 saturated heterocycles. The lowest BCUT2D eigenvalue weighted by Gasteiger charge is -2.26. The summed E-state index contributed by atoms with van der Waals surface area (Å²) in [6.45, 7) is 7.61. The Kier molecular flexibility index (Phi) is 5.09. The summed E-state index contributed by atoms with van der Waals surface area (Å²) in [5.41, 5.74) is 5.16. The van der Waals surface area contributed by atoms with Gasteiger partial charge in [0.05, 0.1) is 11.4 Å². The molecule has 27 heavy (non-hydrogen) atoms. The van der Waals surface area contributed by atoms with Gasteiger partial charge in [-0.15, -0.1) is 11.3 Å². The molecule has 0 bridgehead atoms. The molecule has 1 N–H and O–H groups in total. The van der Waals surface area contributed by atoms with Gasteiger partial charge in [-0.3, -0.25) is 9.69 Å². The molecule has 0 unspecified atom stereocenters. The molecular formula is C21H24N4OS. The standard InChI is InChI=1S/C21H24N4OS/c1-15-13-16(2)25(23-15)19-5-3-17(4-6-19)21(26)22-9-11-24-10-7-20-18(14-24)8-12-27-20/h3-6,8,12-13H,7,9-11,14H2,1-2H3,(H,22,26). The highest BCUT2D eigenvalue weighted by Gasteiger charge is 2.17. The van der Waals surface area contributed by atoms with E-state index in [4.69, 9.17) is 0 Å². The van der Waals surface area contributed by atoms with Crippen molar-refractivity contribution >= 4 is 17.2 Å². The molecule has 1 aromatic carbocycles. The van der Waals surface area contributed by atoms with E-state index < -0.39 is 0 Å². The largest absolute Gasteiger partial charge is 0.351 e. The van der Waals surface area contributed by atoms with E-state index in [9.17, 15) is 4.79 Å². The molecule has 140 valence electrons. The van der Waals surface area contributed by atoms with Gasteiger partial charge in [0.2, 0.25) is 0 Å². The average molecular weight is 381 g/mol. The minimum atomic E-state index is -0.0249. The van der Waals surface area contributed by atoms with Gasteiger partial charge in [0.25, 0.3) is 5.91 Å². The Labute approximate surface area is 163 Å². The zero-order chi connectivity index (χ0) is 18.8. The summed E-state index contributed by atoms with van der Waals surface area (Å²) >= 11 is 1.85. The number of nitrogens with one attached hydrogen (secondary N) is 1. The number of hydrogen-bond acceptors (Lipinski definition) is 4. The summed E-state index contributed by atoms with van der Waals surface area (Å²) in [5.74, 6) is -0.0249. The Balaban J connectivity index is 1.30. The van der Waals surface area contributed by atoms with Gasteiger partial charge < -0.3 is 5.32 Å². The molecule has 1 amide bonds. The van der Waals surface area contributed by atoms with Crippen molar-refractivity contribution in [3.63, 3.8) is 0 Å². The zero-order valence-corrected chi connectivity index (χ0v) is 16.6. The van der Waals surface area contributed by atoms with Crippen LogP contribution in [0.1, 0.15) is 32.2 Å². The Morgan fingerprint density at radius 1 is 1.22 bits per heavy atom. The fraction of sp³-hybridized carbons (Fsp3) is 0.333. The third kappa shape index (κ3) is 3.96. The van der Waals surface area contributed by atoms with Crippen LogP contribution in [-0.4, -0.2) is 40.2 Å². The van der Waals surface area contributed by atoms with Crippen molar-refractivity contribution in [1.29, 1.82) is 0 Å². The first-order valence-corrected chi connectivity index (χ1v) is 10.2. The van der Waals surface area contributed by atoms with Crippen LogP contribution >= 0.6 is 11.3 Å². The van der Waals surface area contributed by atoms with Crippen LogP contribution in [0.4, 0.5) is 0 Å². The van der Waals surface area contributed by atoms with E-state index in [1.807, 2.05) is 60.2 Å². The van der Waals surface area contributed by atoms with Gasteiger partial charge in [0.1, 0.15) is 0 Å². The first-order chi connectivity index (χ1) is 13.1. The molecule has 0 fully saturated rings. The number of aryl methyl sites for hydroxylation is 2. The molecule has 3 aromatic rings. The van der Waals surface area contributed by atoms with Crippen LogP contribution in [0.25, 0.3) is 5.69 Å². The lowest BCUT2D eigenvalue weighted by Crippen LogP contribution is -2.37. The van der Waals surface area contributed by atoms with Crippen LogP contribution in [-0.2, 0) is 13.0 Å². The summed E-state index contributed by atoms with van der Waals surface area (Å²) in [6, 6.07) is 11.9. The molecule has 0 spiro atoms. The van der Waals surface area contributed by atoms with Crippen molar-refractivity contribution < 1.29 is 4.79 Å². The minimum absolute atomic E-state index is 0.0249. The molecule has 1 aliphatic rings. The van der Waals surface area contributed by atoms with E-state index in [1.54, 1.807) is 0 Å². The molecule has 0 aliphatic carbocycles. The highest BCUT2D eigenvalue weighted by atomic mass is 32.1. The van der Waals surface area contributed by atoms with E-state index in [0.717, 1.165) is 43.1 Å². The molecule has 0 saturated carbocycles. The number of hydrogen-bond donors (Lipinski definition) is 1. The Bertz CT molecular complexity index is 942. The Hall–Kier alpha value is -2.44. The average Bonchev–Trinajstić information content (AvgIpc) is 3.27. The number of fused-ring (bicyclic) bond motifs is 1. The minimum Gasteiger partial charge on any atom is -0.351 e. The Morgan fingerprint density at radius 2 is 2.04 bits per heavy atom. The summed E-state index contributed by atoms with van der Waals surface area (Å²) in [6.07, 6.45) is 1.12. The van der Waals surface area contributed by atoms with Gasteiger partial charge >= 0.3 is 0 Å². The smallest absolute Gasteiger partial charge is 0.251 e. The Morgan fingerprint density at radius 3 is 2.78 bits per heavy atom. The quantitative estimate of drug-likeness (QED) is 0.739. The second-order valence-electron chi connectivity index (χ2n) is 7.04. The summed E-state index contributed by atoms with van der Waals surface area (Å²) in [5, 5.41) is 9.69. The van der Waals surface area contributed by atoms with E-state index in [0.29, 0.717) is 12.1 Å². The van der Waals surface area contributed by atoms with Crippen LogP contribution in [0.15, 0.2) is 41.8 Å². The molecule has 0 radical (unpaired) electrons. The maximum absolute atomic E-state index is 12.4. The fourth-order valence-electron chi connectivity index (χ4n) is 3.57. The number of rotatable bonds is 5. The van der Waals surface area contributed by atoms with Gasteiger partial charge in [-0.2, -0.15) is 5.10 Å². The van der Waals surface area contributed by atoms with Gasteiger partial charge in [0, 0.05) is 42.3 Å². The second kappa shape index (κ2) is 7.66. The lowest BCUT2D eigenvalue weighted by molar-refractivity contribution is 0.0947. The van der Waals surface area contributed by atoms with E-state index in [2.05, 4.69) is 26.8 Å². The van der Waals surface area contributed by atoms with Gasteiger partial charge in [-0.25, -0.2) is 4.68 Å². The number of carbonyl (C=O) groups excluding carboxylic acids is 1. The molecule has 1 aliphatic heterocycles. The van der Waals surface area contributed by atoms with Crippen molar-refractivity contribution in [2.75, 3.05) is 19.6 Å². The fourth-order valence-corrected chi connectivity index (χ4v) is 4.46. The first kappa shape index (κ1) is 17.9. The molecule has 2 aromatic heterocycles. The van der Waals surface area contributed by atoms with Gasteiger partial charge in [0.15, 0.2) is 0 Å². The van der Waals surface area contributed by atoms with E-state index in [1.165, 1.54) is 10.4 Å². The number of amides is 1. The van der Waals surface area contributed by atoms with E-state index in [-0.39, 0.29) is 5.91 Å². The van der Waals surface area contributed by atoms with Crippen LogP contribution in [0.2, 0.25) is 0 Å². The highest BCUT2D eigenvalue weighted by Crippen LogP contribution is 2.23. The molecule has 6 heteroatoms. The number of benzene rings is 1. The van der Waals surface area contributed by atoms with Crippen molar-refractivity contribution in [3.8, 4) is 5.69 Å². The highest BCUT2D eigenvalue weighted by molar-refractivity contribution is 7.10. The van der Waals surface area contributed by atoms with Crippen molar-refractivity contribution in [2.24, 2.45) is 0 Å². The van der Waals surface area contributed by atoms with E-state index >= 15 is 0 Å². The first-order valence-electron chi connectivity index (χ1n) is 9.29. The molecule has 4 rings (SSSR count). The lowest BCUT2D eigenvalue weighted by atomic mass is 10.1. The number of thiophene rings is 1. The number of nitrogens with zero attached hydrogens (tertiary/aromatic N) is 3. The van der Waals surface area contributed by atoms with Crippen LogP contribution in [0.5, 0.6) is 0 Å². The predicted octanol–water partition coefficient (Wildman–Crippen LogP) is 3.34. The van der Waals surface area contributed by atoms with Crippen molar-refractivity contribution in [1.82, 2.24) is 20.0 Å². The second-order valence-corrected chi connectivity index (χ2v) is 8.04. The topological polar surface area (TPSA) is 50.2 Å². The monoisotopic (exact) mass is 380 g/mol. The normalized spacial score (nSPS) is 14.1. The SMILES string of the molecule is Cc1cc(C)n(-c2ccc(C(=O)NCCN3CCc4sccc4C3)cc2)n1. The van der Waals surface area contributed by atoms with Gasteiger partial charge in [-0.1, -0.05) is 0 Å². The maximum Gasteiger partial charge on any atom is 0.251 e. The third-order valence-electron chi connectivity index (χ3n) is 4.98. The van der Waals surface area contributed by atoms with Gasteiger partial charge in [-0.05, 0) is 67.6 Å². The predicted molar refractivity (Wildman–Crippen MR) is 109 cm³/mol. The maximum atomic E-state index is 12.4. The number of aromatic nitrogens is 2. The third-order valence-corrected chi connectivity index (χ3v) is 6.01. The number of carbonyl (C=O) groups is 1. The summed E-state index contributed by atoms with van der Waals surface area (Å²) < 4.78 is 1.89. The molecule has 3 heterocycles. The molecular weight excluding hydrogens is 356 g/mol. The summed E-state index contributed by atoms with van der Waals surface area (Å²) in [7, 11) is 0. The summed E-state index contributed by atoms with van der Waals surface area (Å²) in [4.78, 5) is 16.3. The molecule has 5 nitrogen and oxygen atoms in total. The van der Waals surface area contributed by atoms with Crippen molar-refractivity contribution in [2.45, 2.75) is 26.8 Å². The van der Waals surface area contributed by atoms with Crippen LogP contribution < -0.4 is 5.32 Å². The zero-order valence-electron chi connectivity index (χ0n) is 15.7.